The van der Waals surface area contributed by atoms with Gasteiger partial charge in [0, 0.05) is 5.57 Å². The van der Waals surface area contributed by atoms with Gasteiger partial charge in [0.1, 0.15) is 11.9 Å². The Balaban J connectivity index is 1.56. The molecule has 0 aromatic heterocycles. The number of aliphatic hydroxyl groups excluding tert-OH is 1. The molecule has 5 heteroatoms. The fourth-order valence-corrected chi connectivity index (χ4v) is 11.3. The zero-order valence-corrected chi connectivity index (χ0v) is 29.3. The monoisotopic (exact) mass is 618 g/mol. The number of fused-ring (bicyclic) bond motifs is 5. The molecule has 45 heavy (non-hydrogen) atoms. The van der Waals surface area contributed by atoms with E-state index in [-0.39, 0.29) is 34.2 Å². The zero-order chi connectivity index (χ0) is 33.1. The van der Waals surface area contributed by atoms with Gasteiger partial charge in [-0.15, -0.1) is 0 Å². The van der Waals surface area contributed by atoms with Crippen LogP contribution in [-0.2, 0) is 9.53 Å². The van der Waals surface area contributed by atoms with Gasteiger partial charge in [-0.2, -0.15) is 0 Å². The van der Waals surface area contributed by atoms with E-state index in [1.807, 2.05) is 19.1 Å². The molecule has 0 bridgehead atoms. The largest absolute Gasteiger partial charge is 0.497 e. The van der Waals surface area contributed by atoms with Gasteiger partial charge in [0.05, 0.1) is 19.0 Å². The van der Waals surface area contributed by atoms with E-state index in [2.05, 4.69) is 67.2 Å². The fraction of sp³-hybridized carbons (Fsp3) is 0.675. The van der Waals surface area contributed by atoms with Crippen LogP contribution in [0.5, 0.6) is 5.75 Å². The molecule has 0 amide bonds. The maximum absolute atomic E-state index is 13.2. The van der Waals surface area contributed by atoms with Gasteiger partial charge < -0.3 is 19.7 Å². The van der Waals surface area contributed by atoms with Crippen molar-refractivity contribution in [3.05, 3.63) is 58.9 Å². The summed E-state index contributed by atoms with van der Waals surface area (Å²) < 4.78 is 11.8. The van der Waals surface area contributed by atoms with Crippen LogP contribution >= 0.6 is 0 Å². The van der Waals surface area contributed by atoms with Crippen molar-refractivity contribution in [2.45, 2.75) is 119 Å². The van der Waals surface area contributed by atoms with E-state index in [1.165, 1.54) is 18.4 Å². The minimum absolute atomic E-state index is 0.0552. The summed E-state index contributed by atoms with van der Waals surface area (Å²) >= 11 is 0. The summed E-state index contributed by atoms with van der Waals surface area (Å²) in [4.78, 5) is 13.2. The number of hydrogen-bond acceptors (Lipinski definition) is 4. The highest BCUT2D eigenvalue weighted by Gasteiger charge is 2.70. The number of carboxylic acids is 1. The number of carboxylic acid groups (broad SMARTS) is 1. The van der Waals surface area contributed by atoms with E-state index in [9.17, 15) is 15.0 Å². The molecule has 1 aromatic carbocycles. The third-order valence-electron chi connectivity index (χ3n) is 13.8. The van der Waals surface area contributed by atoms with Crippen molar-refractivity contribution < 1.29 is 24.5 Å². The summed E-state index contributed by atoms with van der Waals surface area (Å²) in [6.45, 7) is 22.3. The minimum Gasteiger partial charge on any atom is -0.497 e. The molecule has 0 aliphatic heterocycles. The van der Waals surface area contributed by atoms with E-state index >= 15 is 0 Å². The Kier molecular flexibility index (Phi) is 9.21. The lowest BCUT2D eigenvalue weighted by atomic mass is 9.36. The first-order valence-electron chi connectivity index (χ1n) is 17.4. The van der Waals surface area contributed by atoms with Gasteiger partial charge in [-0.1, -0.05) is 58.9 Å². The highest BCUT2D eigenvalue weighted by atomic mass is 16.5. The molecule has 0 heterocycles. The second-order valence-corrected chi connectivity index (χ2v) is 16.2. The lowest BCUT2D eigenvalue weighted by Crippen LogP contribution is -2.65. The van der Waals surface area contributed by atoms with Crippen LogP contribution in [0, 0.1) is 45.8 Å². The third kappa shape index (κ3) is 5.49. The first-order chi connectivity index (χ1) is 21.1. The van der Waals surface area contributed by atoms with Crippen LogP contribution in [0.25, 0.3) is 5.57 Å². The van der Waals surface area contributed by atoms with Crippen molar-refractivity contribution in [1.82, 2.24) is 0 Å². The van der Waals surface area contributed by atoms with Gasteiger partial charge in [-0.25, -0.2) is 4.79 Å². The lowest BCUT2D eigenvalue weighted by molar-refractivity contribution is -0.229. The summed E-state index contributed by atoms with van der Waals surface area (Å²) in [6.07, 6.45) is 6.17. The summed E-state index contributed by atoms with van der Waals surface area (Å²) in [5.74, 6) is 2.65. The van der Waals surface area contributed by atoms with Crippen LogP contribution in [0.2, 0.25) is 0 Å². The number of aliphatic carboxylic acids is 1. The predicted molar refractivity (Wildman–Crippen MR) is 182 cm³/mol. The van der Waals surface area contributed by atoms with Gasteiger partial charge in [0.2, 0.25) is 0 Å². The van der Waals surface area contributed by atoms with Gasteiger partial charge >= 0.3 is 5.97 Å². The molecule has 0 saturated heterocycles. The summed E-state index contributed by atoms with van der Waals surface area (Å²) in [5, 5.41) is 23.1. The normalized spacial score (nSPS) is 40.0. The SMILES string of the molecule is C=C(C)OC1C[C@@]2(C)[C@@H](C[C@@H](O)[C@H]3[C@@]4(C)CC[C@@H](C)[C@H](C)[C@@H]4CC[C@@]32C)/C1=C(/CCC(=C(C)C)c1ccc(OC)cc1)C(=O)O. The Morgan fingerprint density at radius 3 is 2.24 bits per heavy atom. The van der Waals surface area contributed by atoms with Crippen LogP contribution in [0.4, 0.5) is 0 Å². The van der Waals surface area contributed by atoms with Crippen LogP contribution in [0.1, 0.15) is 112 Å². The number of allylic oxidation sites excluding steroid dienone is 3. The van der Waals surface area contributed by atoms with Crippen molar-refractivity contribution in [2.75, 3.05) is 7.11 Å². The predicted octanol–water partition coefficient (Wildman–Crippen LogP) is 9.46. The molecule has 248 valence electrons. The maximum Gasteiger partial charge on any atom is 0.331 e. The molecule has 5 nitrogen and oxygen atoms in total. The highest BCUT2D eigenvalue weighted by Crippen LogP contribution is 2.74. The van der Waals surface area contributed by atoms with E-state index in [1.54, 1.807) is 7.11 Å². The number of ether oxygens (including phenoxy) is 2. The molecule has 4 saturated carbocycles. The molecular formula is C40H58O5. The average molecular weight is 619 g/mol. The Labute approximate surface area is 272 Å². The van der Waals surface area contributed by atoms with E-state index in [0.717, 1.165) is 41.7 Å². The second-order valence-electron chi connectivity index (χ2n) is 16.2. The molecule has 10 atom stereocenters. The molecule has 1 unspecified atom stereocenters. The van der Waals surface area contributed by atoms with Crippen molar-refractivity contribution in [3.8, 4) is 5.75 Å². The van der Waals surface area contributed by atoms with E-state index in [0.29, 0.717) is 48.3 Å². The maximum atomic E-state index is 13.2. The number of benzene rings is 1. The van der Waals surface area contributed by atoms with Crippen LogP contribution in [-0.4, -0.2) is 35.5 Å². The number of rotatable bonds is 8. The second kappa shape index (κ2) is 12.2. The molecule has 0 spiro atoms. The van der Waals surface area contributed by atoms with E-state index in [4.69, 9.17) is 9.47 Å². The Hall–Kier alpha value is -2.53. The molecule has 4 aliphatic carbocycles. The lowest BCUT2D eigenvalue weighted by Gasteiger charge is -2.69. The standard InChI is InChI=1S/C40H58O5/c1-23(2)29(27-11-13-28(44-10)14-12-27)15-16-30(37(42)43)35-32-21-33(41)36-38(7)19-17-25(5)26(6)31(38)18-20-39(36,8)40(32,9)22-34(35)45-24(3)4/h11-14,25-26,31-34,36,41H,3,15-22H2,1-2,4-10H3,(H,42,43)/b35-30+/t25-,26+,31+,32+,33-,34?,36+,38+,39+,40+/m1/s1. The fourth-order valence-electron chi connectivity index (χ4n) is 11.3. The Morgan fingerprint density at radius 1 is 1.00 bits per heavy atom. The number of carbonyl (C=O) groups is 1. The van der Waals surface area contributed by atoms with Crippen molar-refractivity contribution >= 4 is 11.5 Å². The Morgan fingerprint density at radius 2 is 1.67 bits per heavy atom. The molecular weight excluding hydrogens is 560 g/mol. The quantitative estimate of drug-likeness (QED) is 0.224. The van der Waals surface area contributed by atoms with Crippen LogP contribution < -0.4 is 4.74 Å². The summed E-state index contributed by atoms with van der Waals surface area (Å²) in [6, 6.07) is 8.02. The number of hydrogen-bond donors (Lipinski definition) is 2. The van der Waals surface area contributed by atoms with Crippen molar-refractivity contribution in [3.63, 3.8) is 0 Å². The van der Waals surface area contributed by atoms with Crippen LogP contribution in [0.15, 0.2) is 53.3 Å². The van der Waals surface area contributed by atoms with Crippen LogP contribution in [0.3, 0.4) is 0 Å². The summed E-state index contributed by atoms with van der Waals surface area (Å²) in [7, 11) is 1.66. The van der Waals surface area contributed by atoms with E-state index < -0.39 is 12.1 Å². The number of aliphatic hydroxyl groups is 1. The first kappa shape index (κ1) is 33.8. The molecule has 0 radical (unpaired) electrons. The highest BCUT2D eigenvalue weighted by molar-refractivity contribution is 5.88. The van der Waals surface area contributed by atoms with Gasteiger partial charge in [0.15, 0.2) is 0 Å². The smallest absolute Gasteiger partial charge is 0.331 e. The van der Waals surface area contributed by atoms with Crippen molar-refractivity contribution in [1.29, 1.82) is 0 Å². The molecule has 1 aromatic rings. The number of methoxy groups -OCH3 is 1. The van der Waals surface area contributed by atoms with Gasteiger partial charge in [-0.05, 0) is 147 Å². The molecule has 2 N–H and O–H groups in total. The average Bonchev–Trinajstić information content (AvgIpc) is 3.24. The first-order valence-corrected chi connectivity index (χ1v) is 17.4. The third-order valence-corrected chi connectivity index (χ3v) is 13.8. The molecule has 4 fully saturated rings. The zero-order valence-electron chi connectivity index (χ0n) is 29.3. The molecule has 5 rings (SSSR count). The topological polar surface area (TPSA) is 76.0 Å². The van der Waals surface area contributed by atoms with Gasteiger partial charge in [-0.3, -0.25) is 0 Å². The Bertz CT molecular complexity index is 1370. The summed E-state index contributed by atoms with van der Waals surface area (Å²) in [5.41, 5.74) is 4.52. The van der Waals surface area contributed by atoms with Gasteiger partial charge in [0.25, 0.3) is 0 Å². The van der Waals surface area contributed by atoms with Crippen molar-refractivity contribution in [2.24, 2.45) is 45.8 Å². The molecule has 4 aliphatic rings. The minimum atomic E-state index is -0.875.